The smallest absolute Gasteiger partial charge is 0.225 e. The standard InChI is InChI=1S/C16H27N5O3S.ClH/c1-21-11-13(8-19-21)14-9-17-10-15(14)16(22)18-5-6-25(23,24)20-7-12-3-2-4-12;/h8,11-12,14-15,17,20H,2-7,9-10H2,1H3,(H,18,22);1H/t14-,15+;/m1./s1. The van der Waals surface area contributed by atoms with Crippen molar-refractivity contribution >= 4 is 28.3 Å². The van der Waals surface area contributed by atoms with E-state index in [0.29, 0.717) is 19.0 Å². The molecule has 1 aliphatic carbocycles. The molecule has 0 radical (unpaired) electrons. The summed E-state index contributed by atoms with van der Waals surface area (Å²) in [6, 6.07) is 0. The van der Waals surface area contributed by atoms with Gasteiger partial charge in [0, 0.05) is 45.3 Å². The third-order valence-corrected chi connectivity index (χ3v) is 6.54. The van der Waals surface area contributed by atoms with Crippen LogP contribution in [0.3, 0.4) is 0 Å². The molecule has 8 nitrogen and oxygen atoms in total. The predicted octanol–water partition coefficient (Wildman–Crippen LogP) is -0.0194. The zero-order chi connectivity index (χ0) is 17.9. The molecule has 26 heavy (non-hydrogen) atoms. The van der Waals surface area contributed by atoms with Gasteiger partial charge in [-0.05, 0) is 24.3 Å². The average Bonchev–Trinajstić information content (AvgIpc) is 3.13. The Morgan fingerprint density at radius 1 is 1.38 bits per heavy atom. The lowest BCUT2D eigenvalue weighted by atomic mass is 9.86. The number of nitrogens with one attached hydrogen (secondary N) is 3. The van der Waals surface area contributed by atoms with Crippen molar-refractivity contribution < 1.29 is 13.2 Å². The molecule has 3 rings (SSSR count). The number of hydrogen-bond donors (Lipinski definition) is 3. The second-order valence-electron chi connectivity index (χ2n) is 7.07. The number of aromatic nitrogens is 2. The highest BCUT2D eigenvalue weighted by molar-refractivity contribution is 7.89. The van der Waals surface area contributed by atoms with Gasteiger partial charge in [-0.15, -0.1) is 12.4 Å². The highest BCUT2D eigenvalue weighted by Gasteiger charge is 2.34. The summed E-state index contributed by atoms with van der Waals surface area (Å²) >= 11 is 0. The molecule has 1 aromatic rings. The Bertz CT molecular complexity index is 704. The normalized spacial score (nSPS) is 23.3. The van der Waals surface area contributed by atoms with Crippen molar-refractivity contribution in [1.29, 1.82) is 0 Å². The number of hydrogen-bond acceptors (Lipinski definition) is 5. The molecule has 1 aromatic heterocycles. The van der Waals surface area contributed by atoms with Gasteiger partial charge < -0.3 is 10.6 Å². The van der Waals surface area contributed by atoms with Gasteiger partial charge in [0.1, 0.15) is 0 Å². The van der Waals surface area contributed by atoms with Crippen LogP contribution in [-0.4, -0.2) is 56.0 Å². The summed E-state index contributed by atoms with van der Waals surface area (Å²) in [6.07, 6.45) is 7.10. The van der Waals surface area contributed by atoms with Crippen molar-refractivity contribution in [3.05, 3.63) is 18.0 Å². The molecule has 148 valence electrons. The summed E-state index contributed by atoms with van der Waals surface area (Å²) < 4.78 is 28.3. The maximum Gasteiger partial charge on any atom is 0.225 e. The first-order valence-electron chi connectivity index (χ1n) is 8.89. The quantitative estimate of drug-likeness (QED) is 0.563. The lowest BCUT2D eigenvalue weighted by Crippen LogP contribution is -2.40. The number of halogens is 1. The lowest BCUT2D eigenvalue weighted by Gasteiger charge is -2.25. The van der Waals surface area contributed by atoms with Gasteiger partial charge in [-0.1, -0.05) is 6.42 Å². The Labute approximate surface area is 160 Å². The van der Waals surface area contributed by atoms with Gasteiger partial charge in [-0.2, -0.15) is 5.10 Å². The maximum atomic E-state index is 12.4. The van der Waals surface area contributed by atoms with Crippen LogP contribution in [0.4, 0.5) is 0 Å². The number of carbonyl (C=O) groups excluding carboxylic acids is 1. The third-order valence-electron chi connectivity index (χ3n) is 5.19. The molecule has 1 aliphatic heterocycles. The minimum absolute atomic E-state index is 0. The Hall–Kier alpha value is -1.16. The molecular formula is C16H28ClN5O3S. The van der Waals surface area contributed by atoms with Crippen molar-refractivity contribution in [2.24, 2.45) is 18.9 Å². The molecule has 0 spiro atoms. The average molecular weight is 406 g/mol. The van der Waals surface area contributed by atoms with E-state index in [1.807, 2.05) is 13.2 Å². The first-order chi connectivity index (χ1) is 11.9. The summed E-state index contributed by atoms with van der Waals surface area (Å²) in [5.74, 6) is 0.169. The van der Waals surface area contributed by atoms with Crippen LogP contribution in [-0.2, 0) is 21.9 Å². The summed E-state index contributed by atoms with van der Waals surface area (Å²) in [4.78, 5) is 12.4. The largest absolute Gasteiger partial charge is 0.355 e. The Balaban J connectivity index is 0.00000243. The van der Waals surface area contributed by atoms with E-state index in [9.17, 15) is 13.2 Å². The molecule has 10 heteroatoms. The van der Waals surface area contributed by atoms with Gasteiger partial charge in [0.25, 0.3) is 0 Å². The molecule has 1 amide bonds. The minimum Gasteiger partial charge on any atom is -0.355 e. The number of carbonyl (C=O) groups is 1. The van der Waals surface area contributed by atoms with Gasteiger partial charge in [0.05, 0.1) is 17.9 Å². The van der Waals surface area contributed by atoms with Gasteiger partial charge in [0.15, 0.2) is 0 Å². The van der Waals surface area contributed by atoms with E-state index in [1.54, 1.807) is 10.9 Å². The van der Waals surface area contributed by atoms with Crippen LogP contribution in [0.1, 0.15) is 30.7 Å². The van der Waals surface area contributed by atoms with Crippen LogP contribution in [0.25, 0.3) is 0 Å². The van der Waals surface area contributed by atoms with Gasteiger partial charge in [0.2, 0.25) is 15.9 Å². The highest BCUT2D eigenvalue weighted by Crippen LogP contribution is 2.28. The molecule has 2 atom stereocenters. The van der Waals surface area contributed by atoms with Crippen molar-refractivity contribution in [2.75, 3.05) is 31.9 Å². The third kappa shape index (κ3) is 5.42. The molecule has 3 N–H and O–H groups in total. The van der Waals surface area contributed by atoms with Crippen molar-refractivity contribution in [3.8, 4) is 0 Å². The summed E-state index contributed by atoms with van der Waals surface area (Å²) in [5.41, 5.74) is 1.03. The first kappa shape index (κ1) is 21.1. The van der Waals surface area contributed by atoms with Crippen LogP contribution < -0.4 is 15.4 Å². The molecule has 1 saturated carbocycles. The van der Waals surface area contributed by atoms with Crippen LogP contribution in [0, 0.1) is 11.8 Å². The molecule has 0 aromatic carbocycles. The minimum atomic E-state index is -3.33. The highest BCUT2D eigenvalue weighted by atomic mass is 35.5. The number of nitrogens with zero attached hydrogens (tertiary/aromatic N) is 2. The van der Waals surface area contributed by atoms with Gasteiger partial charge >= 0.3 is 0 Å². The van der Waals surface area contributed by atoms with Crippen LogP contribution in [0.5, 0.6) is 0 Å². The molecule has 2 fully saturated rings. The van der Waals surface area contributed by atoms with E-state index in [1.165, 1.54) is 6.42 Å². The van der Waals surface area contributed by atoms with E-state index in [4.69, 9.17) is 0 Å². The molecule has 0 bridgehead atoms. The van der Waals surface area contributed by atoms with E-state index >= 15 is 0 Å². The number of sulfonamides is 1. The molecular weight excluding hydrogens is 378 g/mol. The number of aryl methyl sites for hydroxylation is 1. The first-order valence-corrected chi connectivity index (χ1v) is 10.5. The monoisotopic (exact) mass is 405 g/mol. The fourth-order valence-electron chi connectivity index (χ4n) is 3.39. The van der Waals surface area contributed by atoms with Crippen LogP contribution in [0.15, 0.2) is 12.4 Å². The van der Waals surface area contributed by atoms with Gasteiger partial charge in [-0.25, -0.2) is 13.1 Å². The SMILES string of the molecule is Cl.Cn1cc([C@H]2CNC[C@@H]2C(=O)NCCS(=O)(=O)NCC2CCC2)cn1. The molecule has 2 heterocycles. The second-order valence-corrected chi connectivity index (χ2v) is 9.00. The second kappa shape index (κ2) is 9.16. The summed E-state index contributed by atoms with van der Waals surface area (Å²) in [5, 5.41) is 10.2. The van der Waals surface area contributed by atoms with Crippen molar-refractivity contribution in [1.82, 2.24) is 25.1 Å². The van der Waals surface area contributed by atoms with Crippen molar-refractivity contribution in [3.63, 3.8) is 0 Å². The van der Waals surface area contributed by atoms with Crippen LogP contribution >= 0.6 is 12.4 Å². The van der Waals surface area contributed by atoms with E-state index < -0.39 is 10.0 Å². The summed E-state index contributed by atoms with van der Waals surface area (Å²) in [7, 11) is -1.48. The number of amides is 1. The predicted molar refractivity (Wildman–Crippen MR) is 102 cm³/mol. The van der Waals surface area contributed by atoms with Crippen LogP contribution in [0.2, 0.25) is 0 Å². The van der Waals surface area contributed by atoms with Crippen molar-refractivity contribution in [2.45, 2.75) is 25.2 Å². The molecule has 1 saturated heterocycles. The zero-order valence-corrected chi connectivity index (χ0v) is 16.6. The topological polar surface area (TPSA) is 105 Å². The maximum absolute atomic E-state index is 12.4. The molecule has 0 unspecified atom stereocenters. The Morgan fingerprint density at radius 2 is 2.15 bits per heavy atom. The Kier molecular flexibility index (Phi) is 7.45. The molecule has 2 aliphatic rings. The zero-order valence-electron chi connectivity index (χ0n) is 15.0. The fourth-order valence-corrected chi connectivity index (χ4v) is 4.39. The Morgan fingerprint density at radius 3 is 2.77 bits per heavy atom. The fraction of sp³-hybridized carbons (Fsp3) is 0.750. The van der Waals surface area contributed by atoms with E-state index in [0.717, 1.165) is 24.9 Å². The lowest BCUT2D eigenvalue weighted by molar-refractivity contribution is -0.124. The van der Waals surface area contributed by atoms with E-state index in [2.05, 4.69) is 20.5 Å². The van der Waals surface area contributed by atoms with Gasteiger partial charge in [-0.3, -0.25) is 9.48 Å². The number of rotatable bonds is 8. The van der Waals surface area contributed by atoms with E-state index in [-0.39, 0.29) is 42.4 Å². The summed E-state index contributed by atoms with van der Waals surface area (Å²) in [6.45, 7) is 1.98.